The van der Waals surface area contributed by atoms with E-state index in [9.17, 15) is 4.79 Å². The predicted molar refractivity (Wildman–Crippen MR) is 93.3 cm³/mol. The number of methoxy groups -OCH3 is 1. The van der Waals surface area contributed by atoms with Gasteiger partial charge in [0, 0.05) is 38.2 Å². The van der Waals surface area contributed by atoms with Crippen molar-refractivity contribution in [1.82, 2.24) is 20.4 Å². The quantitative estimate of drug-likeness (QED) is 0.843. The predicted octanol–water partition coefficient (Wildman–Crippen LogP) is 2.58. The first-order chi connectivity index (χ1) is 12.2. The molecule has 0 aliphatic carbocycles. The molecule has 2 amide bonds. The molecule has 1 saturated heterocycles. The van der Waals surface area contributed by atoms with E-state index in [0.717, 1.165) is 18.4 Å². The lowest BCUT2D eigenvalue weighted by molar-refractivity contribution is 0.165. The zero-order valence-corrected chi connectivity index (χ0v) is 14.7. The highest BCUT2D eigenvalue weighted by atomic mass is 16.5. The smallest absolute Gasteiger partial charge is 0.317 e. The van der Waals surface area contributed by atoms with E-state index in [0.29, 0.717) is 38.0 Å². The Labute approximate surface area is 147 Å². The highest BCUT2D eigenvalue weighted by Crippen LogP contribution is 2.28. The highest BCUT2D eigenvalue weighted by molar-refractivity contribution is 5.74. The van der Waals surface area contributed by atoms with Gasteiger partial charge in [-0.3, -0.25) is 0 Å². The molecule has 7 nitrogen and oxygen atoms in total. The Morgan fingerprint density at radius 1 is 1.32 bits per heavy atom. The van der Waals surface area contributed by atoms with E-state index < -0.39 is 0 Å². The van der Waals surface area contributed by atoms with Crippen LogP contribution in [0.3, 0.4) is 0 Å². The molecule has 1 aromatic heterocycles. The number of urea groups is 1. The van der Waals surface area contributed by atoms with Crippen LogP contribution in [-0.4, -0.2) is 54.4 Å². The fourth-order valence-corrected chi connectivity index (χ4v) is 2.92. The summed E-state index contributed by atoms with van der Waals surface area (Å²) in [5.41, 5.74) is 2.15. The maximum absolute atomic E-state index is 12.0. The second-order valence-electron chi connectivity index (χ2n) is 6.31. The van der Waals surface area contributed by atoms with Crippen LogP contribution in [0.25, 0.3) is 11.4 Å². The maximum Gasteiger partial charge on any atom is 0.317 e. The van der Waals surface area contributed by atoms with Crippen molar-refractivity contribution in [2.75, 3.05) is 33.4 Å². The molecule has 0 radical (unpaired) electrons. The normalized spacial score (nSPS) is 15.4. The topological polar surface area (TPSA) is 80.5 Å². The first-order valence-electron chi connectivity index (χ1n) is 8.59. The minimum absolute atomic E-state index is 0.0404. The summed E-state index contributed by atoms with van der Waals surface area (Å²) in [4.78, 5) is 18.4. The Balaban J connectivity index is 1.55. The van der Waals surface area contributed by atoms with Crippen molar-refractivity contribution in [3.05, 3.63) is 35.7 Å². The van der Waals surface area contributed by atoms with Gasteiger partial charge in [-0.15, -0.1) is 0 Å². The van der Waals surface area contributed by atoms with Crippen LogP contribution < -0.4 is 5.32 Å². The molecule has 7 heteroatoms. The van der Waals surface area contributed by atoms with Crippen LogP contribution >= 0.6 is 0 Å². The van der Waals surface area contributed by atoms with E-state index in [1.54, 1.807) is 7.11 Å². The number of hydrogen-bond donors (Lipinski definition) is 1. The molecule has 0 saturated carbocycles. The number of carbonyl (C=O) groups is 1. The fourth-order valence-electron chi connectivity index (χ4n) is 2.92. The number of nitrogens with zero attached hydrogens (tertiary/aromatic N) is 3. The summed E-state index contributed by atoms with van der Waals surface area (Å²) in [6, 6.07) is 8.02. The molecule has 0 spiro atoms. The van der Waals surface area contributed by atoms with Gasteiger partial charge in [-0.2, -0.15) is 4.98 Å². The van der Waals surface area contributed by atoms with Gasteiger partial charge in [0.05, 0.1) is 6.61 Å². The minimum Gasteiger partial charge on any atom is -0.383 e. The Bertz CT molecular complexity index is 691. The van der Waals surface area contributed by atoms with Gasteiger partial charge >= 0.3 is 6.03 Å². The summed E-state index contributed by atoms with van der Waals surface area (Å²) >= 11 is 0. The van der Waals surface area contributed by atoms with Crippen molar-refractivity contribution >= 4 is 6.03 Å². The molecule has 0 atom stereocenters. The Morgan fingerprint density at radius 2 is 2.04 bits per heavy atom. The summed E-state index contributed by atoms with van der Waals surface area (Å²) in [5.74, 6) is 1.49. The molecule has 1 N–H and O–H groups in total. The van der Waals surface area contributed by atoms with Crippen LogP contribution in [0.5, 0.6) is 0 Å². The number of rotatable bonds is 5. The Morgan fingerprint density at radius 3 is 2.72 bits per heavy atom. The van der Waals surface area contributed by atoms with Crippen molar-refractivity contribution < 1.29 is 14.1 Å². The van der Waals surface area contributed by atoms with Gasteiger partial charge < -0.3 is 19.5 Å². The number of piperidine rings is 1. The number of amides is 2. The van der Waals surface area contributed by atoms with Crippen LogP contribution in [0.2, 0.25) is 0 Å². The average molecular weight is 344 g/mol. The Hall–Kier alpha value is -2.41. The molecule has 2 heterocycles. The van der Waals surface area contributed by atoms with Crippen molar-refractivity contribution in [1.29, 1.82) is 0 Å². The zero-order valence-electron chi connectivity index (χ0n) is 14.7. The SMILES string of the molecule is COCCNC(=O)N1CCC(c2nc(-c3ccc(C)cc3)no2)CC1. The summed E-state index contributed by atoms with van der Waals surface area (Å²) in [7, 11) is 1.62. The van der Waals surface area contributed by atoms with Crippen LogP contribution in [0.15, 0.2) is 28.8 Å². The van der Waals surface area contributed by atoms with Gasteiger partial charge in [-0.05, 0) is 19.8 Å². The standard InChI is InChI=1S/C18H24N4O3/c1-13-3-5-14(6-4-13)16-20-17(25-21-16)15-7-10-22(11-8-15)18(23)19-9-12-24-2/h3-6,15H,7-12H2,1-2H3,(H,19,23). The molecule has 1 fully saturated rings. The highest BCUT2D eigenvalue weighted by Gasteiger charge is 2.27. The average Bonchev–Trinajstić information content (AvgIpc) is 3.13. The summed E-state index contributed by atoms with van der Waals surface area (Å²) in [6.45, 7) is 4.47. The summed E-state index contributed by atoms with van der Waals surface area (Å²) in [5, 5.41) is 6.95. The first kappa shape index (κ1) is 17.4. The molecular weight excluding hydrogens is 320 g/mol. The molecular formula is C18H24N4O3. The molecule has 2 aromatic rings. The van der Waals surface area contributed by atoms with Crippen molar-refractivity contribution in [3.8, 4) is 11.4 Å². The first-order valence-corrected chi connectivity index (χ1v) is 8.59. The minimum atomic E-state index is -0.0404. The van der Waals surface area contributed by atoms with Gasteiger partial charge in [0.15, 0.2) is 0 Å². The molecule has 0 unspecified atom stereocenters. The van der Waals surface area contributed by atoms with Crippen LogP contribution in [0, 0.1) is 6.92 Å². The van der Waals surface area contributed by atoms with E-state index in [1.807, 2.05) is 36.1 Å². The molecule has 134 valence electrons. The maximum atomic E-state index is 12.0. The van der Waals surface area contributed by atoms with Crippen molar-refractivity contribution in [2.45, 2.75) is 25.7 Å². The van der Waals surface area contributed by atoms with E-state index in [4.69, 9.17) is 9.26 Å². The second-order valence-corrected chi connectivity index (χ2v) is 6.31. The third-order valence-electron chi connectivity index (χ3n) is 4.47. The lowest BCUT2D eigenvalue weighted by atomic mass is 9.97. The summed E-state index contributed by atoms with van der Waals surface area (Å²) in [6.07, 6.45) is 1.65. The number of benzene rings is 1. The summed E-state index contributed by atoms with van der Waals surface area (Å²) < 4.78 is 10.4. The lowest BCUT2D eigenvalue weighted by Gasteiger charge is -2.30. The molecule has 25 heavy (non-hydrogen) atoms. The van der Waals surface area contributed by atoms with Crippen LogP contribution in [-0.2, 0) is 4.74 Å². The third-order valence-corrected chi connectivity index (χ3v) is 4.47. The van der Waals surface area contributed by atoms with Crippen molar-refractivity contribution in [3.63, 3.8) is 0 Å². The van der Waals surface area contributed by atoms with Gasteiger partial charge in [-0.1, -0.05) is 35.0 Å². The number of ether oxygens (including phenoxy) is 1. The molecule has 0 bridgehead atoms. The zero-order chi connectivity index (χ0) is 17.6. The number of nitrogens with one attached hydrogen (secondary N) is 1. The van der Waals surface area contributed by atoms with Gasteiger partial charge in [-0.25, -0.2) is 4.79 Å². The molecule has 1 aromatic carbocycles. The number of carbonyl (C=O) groups excluding carboxylic acids is 1. The molecule has 1 aliphatic rings. The monoisotopic (exact) mass is 344 g/mol. The molecule has 3 rings (SSSR count). The van der Waals surface area contributed by atoms with Gasteiger partial charge in [0.1, 0.15) is 0 Å². The molecule has 1 aliphatic heterocycles. The number of aromatic nitrogens is 2. The van der Waals surface area contributed by atoms with E-state index in [2.05, 4.69) is 15.5 Å². The number of hydrogen-bond acceptors (Lipinski definition) is 5. The van der Waals surface area contributed by atoms with Crippen LogP contribution in [0.1, 0.15) is 30.2 Å². The lowest BCUT2D eigenvalue weighted by Crippen LogP contribution is -2.44. The van der Waals surface area contributed by atoms with E-state index in [-0.39, 0.29) is 11.9 Å². The van der Waals surface area contributed by atoms with Gasteiger partial charge in [0.2, 0.25) is 11.7 Å². The largest absolute Gasteiger partial charge is 0.383 e. The Kier molecular flexibility index (Phi) is 5.65. The second kappa shape index (κ2) is 8.11. The number of aryl methyl sites for hydroxylation is 1. The number of likely N-dealkylation sites (tertiary alicyclic amines) is 1. The van der Waals surface area contributed by atoms with E-state index in [1.165, 1.54) is 5.56 Å². The van der Waals surface area contributed by atoms with Gasteiger partial charge in [0.25, 0.3) is 0 Å². The van der Waals surface area contributed by atoms with Crippen LogP contribution in [0.4, 0.5) is 4.79 Å². The third kappa shape index (κ3) is 4.36. The van der Waals surface area contributed by atoms with E-state index >= 15 is 0 Å². The fraction of sp³-hybridized carbons (Fsp3) is 0.500. The van der Waals surface area contributed by atoms with Crippen molar-refractivity contribution in [2.24, 2.45) is 0 Å².